The molecule has 24 heavy (non-hydrogen) atoms. The zero-order valence-electron chi connectivity index (χ0n) is 12.7. The molecule has 4 rings (SSSR count). The van der Waals surface area contributed by atoms with Crippen LogP contribution in [0.3, 0.4) is 0 Å². The number of aromatic nitrogens is 2. The van der Waals surface area contributed by atoms with Crippen molar-refractivity contribution in [3.8, 4) is 11.4 Å². The molecule has 8 nitrogen and oxygen atoms in total. The van der Waals surface area contributed by atoms with Crippen molar-refractivity contribution in [1.29, 1.82) is 0 Å². The molecule has 0 unspecified atom stereocenters. The molecule has 0 aromatic carbocycles. The predicted octanol–water partition coefficient (Wildman–Crippen LogP) is 0.873. The average Bonchev–Trinajstić information content (AvgIpc) is 3.23. The fourth-order valence-electron chi connectivity index (χ4n) is 2.78. The number of likely N-dealkylation sites (tertiary alicyclic amines) is 2. The first-order chi connectivity index (χ1) is 11.6. The first-order valence-corrected chi connectivity index (χ1v) is 8.53. The number of nitrogens with zero attached hydrogens (tertiary/aromatic N) is 4. The van der Waals surface area contributed by atoms with E-state index >= 15 is 0 Å². The van der Waals surface area contributed by atoms with E-state index in [-0.39, 0.29) is 43.0 Å². The lowest BCUT2D eigenvalue weighted by Crippen LogP contribution is -2.52. The first kappa shape index (κ1) is 15.0. The maximum atomic E-state index is 12.2. The molecule has 2 aromatic rings. The highest BCUT2D eigenvalue weighted by Gasteiger charge is 2.38. The van der Waals surface area contributed by atoms with Crippen LogP contribution in [0, 0.1) is 0 Å². The molecule has 0 atom stereocenters. The minimum absolute atomic E-state index is 0.00110. The Morgan fingerprint density at radius 3 is 2.71 bits per heavy atom. The summed E-state index contributed by atoms with van der Waals surface area (Å²) in [5.41, 5.74) is 0.910. The number of amides is 3. The summed E-state index contributed by atoms with van der Waals surface area (Å²) in [6, 6.07) is 1.92. The number of thiophene rings is 1. The van der Waals surface area contributed by atoms with E-state index in [1.165, 1.54) is 0 Å². The van der Waals surface area contributed by atoms with Crippen molar-refractivity contribution in [2.24, 2.45) is 0 Å². The van der Waals surface area contributed by atoms with Gasteiger partial charge in [-0.15, -0.1) is 0 Å². The molecule has 3 amide bonds. The van der Waals surface area contributed by atoms with Crippen molar-refractivity contribution in [1.82, 2.24) is 19.9 Å². The normalized spacial score (nSPS) is 18.3. The van der Waals surface area contributed by atoms with E-state index in [4.69, 9.17) is 4.52 Å². The quantitative estimate of drug-likeness (QED) is 0.762. The van der Waals surface area contributed by atoms with Gasteiger partial charge in [0.1, 0.15) is 6.54 Å². The summed E-state index contributed by atoms with van der Waals surface area (Å²) in [4.78, 5) is 42.3. The molecule has 0 N–H and O–H groups in total. The van der Waals surface area contributed by atoms with Gasteiger partial charge in [-0.25, -0.2) is 0 Å². The molecule has 2 aromatic heterocycles. The van der Waals surface area contributed by atoms with Crippen molar-refractivity contribution in [3.63, 3.8) is 0 Å². The van der Waals surface area contributed by atoms with Crippen LogP contribution < -0.4 is 0 Å². The van der Waals surface area contributed by atoms with Crippen molar-refractivity contribution < 1.29 is 18.9 Å². The molecule has 0 saturated carbocycles. The third-order valence-electron chi connectivity index (χ3n) is 4.25. The van der Waals surface area contributed by atoms with Gasteiger partial charge in [0.2, 0.25) is 29.4 Å². The molecular formula is C15H14N4O4S. The van der Waals surface area contributed by atoms with Gasteiger partial charge >= 0.3 is 0 Å². The van der Waals surface area contributed by atoms with E-state index in [2.05, 4.69) is 10.1 Å². The van der Waals surface area contributed by atoms with E-state index in [1.54, 1.807) is 16.2 Å². The van der Waals surface area contributed by atoms with Gasteiger partial charge in [0.05, 0.1) is 5.92 Å². The Morgan fingerprint density at radius 2 is 2.04 bits per heavy atom. The third kappa shape index (κ3) is 2.60. The molecule has 9 heteroatoms. The molecule has 124 valence electrons. The van der Waals surface area contributed by atoms with Crippen LogP contribution in [0.1, 0.15) is 24.7 Å². The Balaban J connectivity index is 1.34. The fraction of sp³-hybridized carbons (Fsp3) is 0.400. The highest BCUT2D eigenvalue weighted by Crippen LogP contribution is 2.28. The van der Waals surface area contributed by atoms with E-state index < -0.39 is 0 Å². The van der Waals surface area contributed by atoms with Gasteiger partial charge in [-0.3, -0.25) is 19.3 Å². The second kappa shape index (κ2) is 5.82. The molecule has 0 bridgehead atoms. The van der Waals surface area contributed by atoms with Crippen LogP contribution >= 0.6 is 11.3 Å². The minimum Gasteiger partial charge on any atom is -0.339 e. The molecule has 2 saturated heterocycles. The second-order valence-electron chi connectivity index (χ2n) is 5.84. The number of hydrogen-bond acceptors (Lipinski definition) is 7. The lowest BCUT2D eigenvalue weighted by atomic mass is 10.00. The molecule has 2 aliphatic heterocycles. The number of carbonyl (C=O) groups excluding carboxylic acids is 3. The van der Waals surface area contributed by atoms with Crippen LogP contribution in [-0.2, 0) is 14.4 Å². The summed E-state index contributed by atoms with van der Waals surface area (Å²) in [5.74, 6) is 0.273. The van der Waals surface area contributed by atoms with E-state index in [9.17, 15) is 14.4 Å². The molecule has 0 aliphatic carbocycles. The first-order valence-electron chi connectivity index (χ1n) is 7.59. The highest BCUT2D eigenvalue weighted by atomic mass is 32.1. The van der Waals surface area contributed by atoms with Gasteiger partial charge in [-0.05, 0) is 11.4 Å². The van der Waals surface area contributed by atoms with Crippen molar-refractivity contribution in [2.75, 3.05) is 19.6 Å². The van der Waals surface area contributed by atoms with Crippen LogP contribution in [0.4, 0.5) is 0 Å². The molecule has 0 spiro atoms. The average molecular weight is 346 g/mol. The number of hydrogen-bond donors (Lipinski definition) is 0. The Hall–Kier alpha value is -2.55. The van der Waals surface area contributed by atoms with Crippen LogP contribution in [0.2, 0.25) is 0 Å². The molecule has 2 fully saturated rings. The maximum absolute atomic E-state index is 12.2. The largest absolute Gasteiger partial charge is 0.339 e. The molecular weight excluding hydrogens is 332 g/mol. The zero-order chi connectivity index (χ0) is 16.7. The maximum Gasteiger partial charge on any atom is 0.242 e. The lowest BCUT2D eigenvalue weighted by Gasteiger charge is -2.37. The minimum atomic E-state index is -0.275. The van der Waals surface area contributed by atoms with Crippen molar-refractivity contribution in [2.45, 2.75) is 18.8 Å². The van der Waals surface area contributed by atoms with Gasteiger partial charge in [-0.2, -0.15) is 16.3 Å². The van der Waals surface area contributed by atoms with E-state index in [0.29, 0.717) is 24.8 Å². The van der Waals surface area contributed by atoms with Crippen LogP contribution in [-0.4, -0.2) is 57.3 Å². The van der Waals surface area contributed by atoms with Gasteiger partial charge in [0.25, 0.3) is 0 Å². The highest BCUT2D eigenvalue weighted by molar-refractivity contribution is 7.08. The van der Waals surface area contributed by atoms with Crippen LogP contribution in [0.25, 0.3) is 11.4 Å². The summed E-state index contributed by atoms with van der Waals surface area (Å²) in [5, 5.41) is 7.83. The molecule has 4 heterocycles. The standard InChI is InChI=1S/C15H14N4O4S/c20-11-1-2-12(21)19(11)7-13(22)18-5-10(6-18)15-16-14(17-23-15)9-3-4-24-8-9/h3-4,8,10H,1-2,5-7H2. The summed E-state index contributed by atoms with van der Waals surface area (Å²) >= 11 is 1.56. The number of carbonyl (C=O) groups is 3. The van der Waals surface area contributed by atoms with Gasteiger partial charge in [0, 0.05) is 36.9 Å². The Morgan fingerprint density at radius 1 is 1.29 bits per heavy atom. The predicted molar refractivity (Wildman–Crippen MR) is 82.9 cm³/mol. The van der Waals surface area contributed by atoms with Crippen molar-refractivity contribution in [3.05, 3.63) is 22.7 Å². The SMILES string of the molecule is O=C(CN1C(=O)CCC1=O)N1CC(c2nc(-c3ccsc3)no2)C1. The van der Waals surface area contributed by atoms with Crippen LogP contribution in [0.15, 0.2) is 21.3 Å². The Bertz CT molecular complexity index is 778. The Kier molecular flexibility index (Phi) is 3.64. The van der Waals surface area contributed by atoms with Crippen LogP contribution in [0.5, 0.6) is 0 Å². The smallest absolute Gasteiger partial charge is 0.242 e. The van der Waals surface area contributed by atoms with Gasteiger partial charge in [0.15, 0.2) is 0 Å². The van der Waals surface area contributed by atoms with Gasteiger partial charge < -0.3 is 9.42 Å². The Labute approximate surface area is 141 Å². The summed E-state index contributed by atoms with van der Waals surface area (Å²) in [6.45, 7) is 0.745. The summed E-state index contributed by atoms with van der Waals surface area (Å²) < 4.78 is 5.27. The molecule has 0 radical (unpaired) electrons. The number of imide groups is 1. The monoisotopic (exact) mass is 346 g/mol. The third-order valence-corrected chi connectivity index (χ3v) is 4.94. The zero-order valence-corrected chi connectivity index (χ0v) is 13.5. The summed E-state index contributed by atoms with van der Waals surface area (Å²) in [7, 11) is 0. The van der Waals surface area contributed by atoms with E-state index in [0.717, 1.165) is 10.5 Å². The van der Waals surface area contributed by atoms with Crippen molar-refractivity contribution >= 4 is 29.1 Å². The lowest BCUT2D eigenvalue weighted by molar-refractivity contribution is -0.147. The second-order valence-corrected chi connectivity index (χ2v) is 6.62. The van der Waals surface area contributed by atoms with E-state index in [1.807, 2.05) is 16.8 Å². The molecule has 2 aliphatic rings. The fourth-order valence-corrected chi connectivity index (χ4v) is 3.42. The van der Waals surface area contributed by atoms with Gasteiger partial charge in [-0.1, -0.05) is 5.16 Å². The summed E-state index contributed by atoms with van der Waals surface area (Å²) in [6.07, 6.45) is 0.393. The topological polar surface area (TPSA) is 96.6 Å². The number of rotatable bonds is 4.